The van der Waals surface area contributed by atoms with Crippen LogP contribution in [-0.4, -0.2) is 24.4 Å². The number of rotatable bonds is 4. The highest BCUT2D eigenvalue weighted by Gasteiger charge is 2.05. The predicted octanol–water partition coefficient (Wildman–Crippen LogP) is 0.170. The summed E-state index contributed by atoms with van der Waals surface area (Å²) in [6.45, 7) is 1.11. The highest BCUT2D eigenvalue weighted by Crippen LogP contribution is 2.10. The normalized spacial score (nSPS) is 10.4. The average molecular weight is 199 g/mol. The van der Waals surface area contributed by atoms with Crippen LogP contribution >= 0.6 is 11.3 Å². The Kier molecular flexibility index (Phi) is 3.88. The zero-order valence-corrected chi connectivity index (χ0v) is 8.30. The standard InChI is InChI=1S/C8H13N3OS/c1-11(6-8(12)10-9)5-7-3-2-4-13-7/h2-4H,5-6,9H2,1H3,(H,10,12). The lowest BCUT2D eigenvalue weighted by Gasteiger charge is -2.13. The molecule has 0 spiro atoms. The van der Waals surface area contributed by atoms with Crippen molar-refractivity contribution in [2.45, 2.75) is 6.54 Å². The molecule has 0 radical (unpaired) electrons. The van der Waals surface area contributed by atoms with Crippen LogP contribution in [0.5, 0.6) is 0 Å². The summed E-state index contributed by atoms with van der Waals surface area (Å²) in [6, 6.07) is 4.04. The van der Waals surface area contributed by atoms with Gasteiger partial charge in [-0.25, -0.2) is 5.84 Å². The molecular formula is C8H13N3OS. The third kappa shape index (κ3) is 3.54. The number of nitrogens with zero attached hydrogens (tertiary/aromatic N) is 1. The Morgan fingerprint density at radius 3 is 3.08 bits per heavy atom. The number of thiophene rings is 1. The van der Waals surface area contributed by atoms with Crippen molar-refractivity contribution in [3.05, 3.63) is 22.4 Å². The molecule has 1 amide bonds. The minimum Gasteiger partial charge on any atom is -0.293 e. The number of hydrogen-bond donors (Lipinski definition) is 2. The van der Waals surface area contributed by atoms with Gasteiger partial charge in [0.25, 0.3) is 0 Å². The van der Waals surface area contributed by atoms with Crippen molar-refractivity contribution in [2.75, 3.05) is 13.6 Å². The highest BCUT2D eigenvalue weighted by molar-refractivity contribution is 7.09. The van der Waals surface area contributed by atoms with Gasteiger partial charge in [0.1, 0.15) is 0 Å². The molecule has 1 rings (SSSR count). The summed E-state index contributed by atoms with van der Waals surface area (Å²) in [7, 11) is 1.88. The van der Waals surface area contributed by atoms with E-state index in [9.17, 15) is 4.79 Å². The monoisotopic (exact) mass is 199 g/mol. The Bertz CT molecular complexity index is 260. The van der Waals surface area contributed by atoms with Gasteiger partial charge in [-0.2, -0.15) is 0 Å². The first-order valence-electron chi connectivity index (χ1n) is 3.92. The Hall–Kier alpha value is -0.910. The van der Waals surface area contributed by atoms with E-state index in [1.54, 1.807) is 11.3 Å². The molecule has 0 atom stereocenters. The van der Waals surface area contributed by atoms with Crippen molar-refractivity contribution in [3.8, 4) is 0 Å². The summed E-state index contributed by atoms with van der Waals surface area (Å²) in [4.78, 5) is 14.0. The maximum absolute atomic E-state index is 10.9. The fraction of sp³-hybridized carbons (Fsp3) is 0.375. The van der Waals surface area contributed by atoms with Crippen LogP contribution in [0, 0.1) is 0 Å². The SMILES string of the molecule is CN(CC(=O)NN)Cc1cccs1. The second-order valence-corrected chi connectivity index (χ2v) is 3.85. The number of carbonyl (C=O) groups excluding carboxylic acids is 1. The van der Waals surface area contributed by atoms with E-state index in [-0.39, 0.29) is 5.91 Å². The van der Waals surface area contributed by atoms with E-state index in [1.807, 2.05) is 29.5 Å². The second-order valence-electron chi connectivity index (χ2n) is 2.82. The van der Waals surface area contributed by atoms with Crippen molar-refractivity contribution in [1.82, 2.24) is 10.3 Å². The average Bonchev–Trinajstić information content (AvgIpc) is 2.56. The van der Waals surface area contributed by atoms with E-state index >= 15 is 0 Å². The number of amides is 1. The zero-order chi connectivity index (χ0) is 9.68. The van der Waals surface area contributed by atoms with Crippen LogP contribution in [0.2, 0.25) is 0 Å². The van der Waals surface area contributed by atoms with Gasteiger partial charge in [0.2, 0.25) is 5.91 Å². The smallest absolute Gasteiger partial charge is 0.248 e. The van der Waals surface area contributed by atoms with Gasteiger partial charge in [-0.15, -0.1) is 11.3 Å². The molecule has 0 aromatic carbocycles. The summed E-state index contributed by atoms with van der Waals surface area (Å²) >= 11 is 1.68. The van der Waals surface area contributed by atoms with Gasteiger partial charge >= 0.3 is 0 Å². The predicted molar refractivity (Wildman–Crippen MR) is 53.0 cm³/mol. The lowest BCUT2D eigenvalue weighted by atomic mass is 10.4. The fourth-order valence-corrected chi connectivity index (χ4v) is 1.80. The van der Waals surface area contributed by atoms with Gasteiger partial charge in [-0.1, -0.05) is 6.07 Å². The van der Waals surface area contributed by atoms with Crippen LogP contribution in [0.15, 0.2) is 17.5 Å². The number of carbonyl (C=O) groups is 1. The fourth-order valence-electron chi connectivity index (χ4n) is 1.02. The molecule has 0 saturated carbocycles. The van der Waals surface area contributed by atoms with Gasteiger partial charge in [0, 0.05) is 11.4 Å². The Balaban J connectivity index is 2.33. The molecule has 0 bridgehead atoms. The largest absolute Gasteiger partial charge is 0.293 e. The first-order chi connectivity index (χ1) is 6.22. The lowest BCUT2D eigenvalue weighted by molar-refractivity contribution is -0.122. The van der Waals surface area contributed by atoms with Crippen LogP contribution in [0.25, 0.3) is 0 Å². The molecule has 13 heavy (non-hydrogen) atoms. The Morgan fingerprint density at radius 2 is 2.54 bits per heavy atom. The number of nitrogens with two attached hydrogens (primary N) is 1. The molecule has 4 nitrogen and oxygen atoms in total. The molecule has 0 saturated heterocycles. The van der Waals surface area contributed by atoms with Crippen molar-refractivity contribution in [3.63, 3.8) is 0 Å². The van der Waals surface area contributed by atoms with E-state index in [2.05, 4.69) is 5.43 Å². The molecule has 72 valence electrons. The molecule has 0 aliphatic rings. The summed E-state index contributed by atoms with van der Waals surface area (Å²) in [5.41, 5.74) is 2.10. The molecule has 0 fully saturated rings. The third-order valence-electron chi connectivity index (χ3n) is 1.58. The molecule has 0 aliphatic carbocycles. The summed E-state index contributed by atoms with van der Waals surface area (Å²) in [6.07, 6.45) is 0. The topological polar surface area (TPSA) is 58.4 Å². The number of hydrazine groups is 1. The molecule has 1 heterocycles. The highest BCUT2D eigenvalue weighted by atomic mass is 32.1. The van der Waals surface area contributed by atoms with E-state index in [0.717, 1.165) is 6.54 Å². The van der Waals surface area contributed by atoms with Gasteiger partial charge in [0.15, 0.2) is 0 Å². The van der Waals surface area contributed by atoms with Gasteiger partial charge in [-0.05, 0) is 18.5 Å². The van der Waals surface area contributed by atoms with Gasteiger partial charge in [-0.3, -0.25) is 15.1 Å². The number of hydrogen-bond acceptors (Lipinski definition) is 4. The van der Waals surface area contributed by atoms with E-state index in [1.165, 1.54) is 4.88 Å². The molecule has 5 heteroatoms. The summed E-state index contributed by atoms with van der Waals surface area (Å²) < 4.78 is 0. The molecular weight excluding hydrogens is 186 g/mol. The lowest BCUT2D eigenvalue weighted by Crippen LogP contribution is -2.38. The van der Waals surface area contributed by atoms with Crippen molar-refractivity contribution >= 4 is 17.2 Å². The van der Waals surface area contributed by atoms with Crippen LogP contribution in [0.4, 0.5) is 0 Å². The first-order valence-corrected chi connectivity index (χ1v) is 4.80. The van der Waals surface area contributed by atoms with Crippen LogP contribution in [0.1, 0.15) is 4.88 Å². The van der Waals surface area contributed by atoms with Crippen LogP contribution in [0.3, 0.4) is 0 Å². The van der Waals surface area contributed by atoms with Crippen molar-refractivity contribution in [1.29, 1.82) is 0 Å². The van der Waals surface area contributed by atoms with Crippen molar-refractivity contribution < 1.29 is 4.79 Å². The summed E-state index contributed by atoms with van der Waals surface area (Å²) in [5, 5.41) is 2.02. The quantitative estimate of drug-likeness (QED) is 0.413. The second kappa shape index (κ2) is 4.96. The van der Waals surface area contributed by atoms with Gasteiger partial charge < -0.3 is 0 Å². The maximum atomic E-state index is 10.9. The van der Waals surface area contributed by atoms with E-state index in [4.69, 9.17) is 5.84 Å². The molecule has 0 aliphatic heterocycles. The van der Waals surface area contributed by atoms with E-state index < -0.39 is 0 Å². The van der Waals surface area contributed by atoms with Gasteiger partial charge in [0.05, 0.1) is 6.54 Å². The number of nitrogens with one attached hydrogen (secondary N) is 1. The Labute approximate surface area is 81.3 Å². The van der Waals surface area contributed by atoms with Crippen molar-refractivity contribution in [2.24, 2.45) is 5.84 Å². The number of likely N-dealkylation sites (N-methyl/N-ethyl adjacent to an activating group) is 1. The molecule has 0 unspecified atom stereocenters. The summed E-state index contributed by atoms with van der Waals surface area (Å²) in [5.74, 6) is 4.80. The minimum absolute atomic E-state index is 0.168. The van der Waals surface area contributed by atoms with Crippen LogP contribution in [-0.2, 0) is 11.3 Å². The minimum atomic E-state index is -0.168. The first kappa shape index (κ1) is 10.2. The van der Waals surface area contributed by atoms with E-state index in [0.29, 0.717) is 6.54 Å². The zero-order valence-electron chi connectivity index (χ0n) is 7.49. The Morgan fingerprint density at radius 1 is 1.77 bits per heavy atom. The maximum Gasteiger partial charge on any atom is 0.248 e. The molecule has 3 N–H and O–H groups in total. The van der Waals surface area contributed by atoms with Crippen LogP contribution < -0.4 is 11.3 Å². The molecule has 1 aromatic rings. The molecule has 1 aromatic heterocycles. The third-order valence-corrected chi connectivity index (χ3v) is 2.44.